The van der Waals surface area contributed by atoms with Crippen LogP contribution in [-0.2, 0) is 9.47 Å². The van der Waals surface area contributed by atoms with Crippen molar-refractivity contribution in [1.82, 2.24) is 9.97 Å². The Bertz CT molecular complexity index is 963. The number of benzene rings is 2. The second-order valence-electron chi connectivity index (χ2n) is 5.73. The zero-order chi connectivity index (χ0) is 20.3. The molecule has 0 atom stereocenters. The molecule has 2 aromatic carbocycles. The van der Waals surface area contributed by atoms with E-state index in [2.05, 4.69) is 19.4 Å². The van der Waals surface area contributed by atoms with Gasteiger partial charge in [-0.05, 0) is 36.4 Å². The molecule has 0 radical (unpaired) electrons. The minimum Gasteiger partial charge on any atom is -0.507 e. The van der Waals surface area contributed by atoms with Gasteiger partial charge in [0.2, 0.25) is 0 Å². The van der Waals surface area contributed by atoms with E-state index in [1.807, 2.05) is 0 Å². The zero-order valence-corrected chi connectivity index (χ0v) is 15.0. The number of aromatic nitrogens is 2. The molecule has 1 aromatic heterocycles. The lowest BCUT2D eigenvalue weighted by Gasteiger charge is -2.08. The fourth-order valence-electron chi connectivity index (χ4n) is 2.56. The van der Waals surface area contributed by atoms with Crippen molar-refractivity contribution < 1.29 is 29.3 Å². The average molecular weight is 380 g/mol. The van der Waals surface area contributed by atoms with Gasteiger partial charge in [-0.3, -0.25) is 9.97 Å². The van der Waals surface area contributed by atoms with Crippen molar-refractivity contribution in [3.63, 3.8) is 0 Å². The highest BCUT2D eigenvalue weighted by Crippen LogP contribution is 2.28. The Morgan fingerprint density at radius 1 is 0.750 bits per heavy atom. The van der Waals surface area contributed by atoms with Crippen LogP contribution in [0.25, 0.3) is 22.5 Å². The van der Waals surface area contributed by atoms with Crippen molar-refractivity contribution >= 4 is 11.9 Å². The summed E-state index contributed by atoms with van der Waals surface area (Å²) in [5, 5.41) is 19.6. The van der Waals surface area contributed by atoms with E-state index in [1.165, 1.54) is 50.9 Å². The summed E-state index contributed by atoms with van der Waals surface area (Å²) in [6, 6.07) is 8.86. The van der Waals surface area contributed by atoms with Crippen molar-refractivity contribution in [3.8, 4) is 34.0 Å². The van der Waals surface area contributed by atoms with Crippen molar-refractivity contribution in [1.29, 1.82) is 0 Å². The van der Waals surface area contributed by atoms with Crippen LogP contribution in [0.5, 0.6) is 11.5 Å². The monoisotopic (exact) mass is 380 g/mol. The second-order valence-corrected chi connectivity index (χ2v) is 5.73. The molecule has 8 heteroatoms. The summed E-state index contributed by atoms with van der Waals surface area (Å²) in [6.45, 7) is 0. The molecule has 0 fully saturated rings. The smallest absolute Gasteiger partial charge is 0.341 e. The minimum absolute atomic E-state index is 0.0205. The maximum atomic E-state index is 11.7. The summed E-state index contributed by atoms with van der Waals surface area (Å²) >= 11 is 0. The maximum absolute atomic E-state index is 11.7. The summed E-state index contributed by atoms with van der Waals surface area (Å²) in [5.41, 5.74) is 2.12. The third kappa shape index (κ3) is 3.61. The molecule has 0 spiro atoms. The topological polar surface area (TPSA) is 119 Å². The third-order valence-corrected chi connectivity index (χ3v) is 4.05. The normalized spacial score (nSPS) is 10.4. The Balaban J connectivity index is 1.95. The molecule has 0 aliphatic rings. The highest BCUT2D eigenvalue weighted by Gasteiger charge is 2.15. The van der Waals surface area contributed by atoms with Crippen LogP contribution >= 0.6 is 0 Å². The second kappa shape index (κ2) is 7.75. The quantitative estimate of drug-likeness (QED) is 0.663. The first kappa shape index (κ1) is 18.8. The number of phenols is 2. The third-order valence-electron chi connectivity index (χ3n) is 4.05. The van der Waals surface area contributed by atoms with Gasteiger partial charge in [-0.1, -0.05) is 0 Å². The first-order valence-electron chi connectivity index (χ1n) is 8.10. The van der Waals surface area contributed by atoms with Crippen LogP contribution < -0.4 is 0 Å². The fraction of sp³-hybridized carbons (Fsp3) is 0.100. The summed E-state index contributed by atoms with van der Waals surface area (Å²) in [4.78, 5) is 32.1. The van der Waals surface area contributed by atoms with Crippen LogP contribution in [0.3, 0.4) is 0 Å². The molecule has 0 aliphatic carbocycles. The molecule has 28 heavy (non-hydrogen) atoms. The number of aromatic hydroxyl groups is 2. The largest absolute Gasteiger partial charge is 0.507 e. The summed E-state index contributed by atoms with van der Waals surface area (Å²) in [7, 11) is 2.45. The molecule has 3 rings (SSSR count). The standard InChI is InChI=1S/C20H16N2O6/c1-27-19(25)13-7-11(3-5-17(13)23)15-9-22-16(10-21-15)12-4-6-18(24)14(8-12)20(26)28-2/h3-10,23-24H,1-2H3. The van der Waals surface area contributed by atoms with Gasteiger partial charge in [-0.25, -0.2) is 9.59 Å². The van der Waals surface area contributed by atoms with Crippen molar-refractivity contribution in [3.05, 3.63) is 59.9 Å². The molecule has 3 aromatic rings. The molecule has 0 aliphatic heterocycles. The van der Waals surface area contributed by atoms with Crippen LogP contribution in [0.2, 0.25) is 0 Å². The predicted molar refractivity (Wildman–Crippen MR) is 98.9 cm³/mol. The van der Waals surface area contributed by atoms with E-state index in [9.17, 15) is 19.8 Å². The first-order valence-corrected chi connectivity index (χ1v) is 8.10. The lowest BCUT2D eigenvalue weighted by Crippen LogP contribution is -2.02. The van der Waals surface area contributed by atoms with Crippen LogP contribution in [0.1, 0.15) is 20.7 Å². The summed E-state index contributed by atoms with van der Waals surface area (Å²) in [5.74, 6) is -1.72. The number of nitrogens with zero attached hydrogens (tertiary/aromatic N) is 2. The molecule has 2 N–H and O–H groups in total. The molecule has 0 bridgehead atoms. The lowest BCUT2D eigenvalue weighted by molar-refractivity contribution is 0.0588. The number of esters is 2. The maximum Gasteiger partial charge on any atom is 0.341 e. The molecule has 1 heterocycles. The zero-order valence-electron chi connectivity index (χ0n) is 15.0. The number of carbonyl (C=O) groups excluding carboxylic acids is 2. The van der Waals surface area contributed by atoms with Gasteiger partial charge in [-0.2, -0.15) is 0 Å². The number of hydrogen-bond donors (Lipinski definition) is 2. The van der Waals surface area contributed by atoms with E-state index in [1.54, 1.807) is 12.1 Å². The number of hydrogen-bond acceptors (Lipinski definition) is 8. The molecule has 0 saturated carbocycles. The number of methoxy groups -OCH3 is 2. The predicted octanol–water partition coefficient (Wildman–Crippen LogP) is 2.80. The summed E-state index contributed by atoms with van der Waals surface area (Å²) < 4.78 is 9.28. The van der Waals surface area contributed by atoms with E-state index in [4.69, 9.17) is 0 Å². The minimum atomic E-state index is -0.664. The Labute approximate surface area is 160 Å². The van der Waals surface area contributed by atoms with Crippen LogP contribution in [0.15, 0.2) is 48.8 Å². The number of ether oxygens (including phenoxy) is 2. The first-order chi connectivity index (χ1) is 13.4. The summed E-state index contributed by atoms with van der Waals surface area (Å²) in [6.07, 6.45) is 2.99. The van der Waals surface area contributed by atoms with Gasteiger partial charge < -0.3 is 19.7 Å². The van der Waals surface area contributed by atoms with Gasteiger partial charge >= 0.3 is 11.9 Å². The van der Waals surface area contributed by atoms with Gasteiger partial charge in [0.25, 0.3) is 0 Å². The Morgan fingerprint density at radius 3 is 1.46 bits per heavy atom. The van der Waals surface area contributed by atoms with E-state index in [-0.39, 0.29) is 22.6 Å². The Morgan fingerprint density at radius 2 is 1.14 bits per heavy atom. The molecular formula is C20H16N2O6. The van der Waals surface area contributed by atoms with E-state index < -0.39 is 11.9 Å². The van der Waals surface area contributed by atoms with E-state index in [0.29, 0.717) is 22.5 Å². The van der Waals surface area contributed by atoms with Crippen LogP contribution in [-0.4, -0.2) is 46.3 Å². The van der Waals surface area contributed by atoms with Crippen molar-refractivity contribution in [2.45, 2.75) is 0 Å². The highest BCUT2D eigenvalue weighted by molar-refractivity contribution is 5.94. The van der Waals surface area contributed by atoms with Crippen LogP contribution in [0, 0.1) is 0 Å². The average Bonchev–Trinajstić information content (AvgIpc) is 2.73. The van der Waals surface area contributed by atoms with Crippen molar-refractivity contribution in [2.24, 2.45) is 0 Å². The molecule has 142 valence electrons. The number of carbonyl (C=O) groups is 2. The van der Waals surface area contributed by atoms with Gasteiger partial charge in [0.05, 0.1) is 38.0 Å². The Kier molecular flexibility index (Phi) is 5.21. The molecule has 0 amide bonds. The van der Waals surface area contributed by atoms with Gasteiger partial charge in [0.15, 0.2) is 0 Å². The van der Waals surface area contributed by atoms with Crippen molar-refractivity contribution in [2.75, 3.05) is 14.2 Å². The Hall–Kier alpha value is -3.94. The van der Waals surface area contributed by atoms with Gasteiger partial charge in [0, 0.05) is 11.1 Å². The van der Waals surface area contributed by atoms with Gasteiger partial charge in [-0.15, -0.1) is 0 Å². The molecule has 8 nitrogen and oxygen atoms in total. The SMILES string of the molecule is COC(=O)c1cc(-c2cnc(-c3ccc(O)c(C(=O)OC)c3)cn2)ccc1O. The molecule has 0 saturated heterocycles. The fourth-order valence-corrected chi connectivity index (χ4v) is 2.56. The molecule has 0 unspecified atom stereocenters. The van der Waals surface area contributed by atoms with E-state index in [0.717, 1.165) is 0 Å². The lowest BCUT2D eigenvalue weighted by atomic mass is 10.1. The van der Waals surface area contributed by atoms with E-state index >= 15 is 0 Å². The van der Waals surface area contributed by atoms with Crippen LogP contribution in [0.4, 0.5) is 0 Å². The number of phenolic OH excluding ortho intramolecular Hbond substituents is 2. The van der Waals surface area contributed by atoms with Gasteiger partial charge in [0.1, 0.15) is 22.6 Å². The number of rotatable bonds is 4. The highest BCUT2D eigenvalue weighted by atomic mass is 16.5. The molecular weight excluding hydrogens is 364 g/mol.